The molecule has 3 aromatic heterocycles. The van der Waals surface area contributed by atoms with Crippen LogP contribution in [0.4, 0.5) is 0 Å². The topological polar surface area (TPSA) is 142 Å². The summed E-state index contributed by atoms with van der Waals surface area (Å²) in [5, 5.41) is 3.32. The molecule has 0 spiro atoms. The molecule has 3 aromatic rings. The van der Waals surface area contributed by atoms with Gasteiger partial charge < -0.3 is 29.7 Å². The van der Waals surface area contributed by atoms with Crippen molar-refractivity contribution < 1.29 is 23.9 Å². The minimum Gasteiger partial charge on any atom is -0.469 e. The summed E-state index contributed by atoms with van der Waals surface area (Å²) in [4.78, 5) is 59.7. The molecule has 0 fully saturated rings. The molecule has 1 amide bonds. The lowest BCUT2D eigenvalue weighted by atomic mass is 9.84. The number of hydrogen-bond donors (Lipinski definition) is 3. The molecule has 2 aliphatic heterocycles. The number of nitrogens with one attached hydrogen (secondary N) is 3. The van der Waals surface area contributed by atoms with Crippen molar-refractivity contribution in [2.24, 2.45) is 0 Å². The highest BCUT2D eigenvalue weighted by molar-refractivity contribution is 6.03. The van der Waals surface area contributed by atoms with Crippen molar-refractivity contribution in [3.05, 3.63) is 68.8 Å². The van der Waals surface area contributed by atoms with Crippen LogP contribution in [0.3, 0.4) is 0 Å². The molecule has 0 unspecified atom stereocenters. The van der Waals surface area contributed by atoms with Crippen LogP contribution in [0.1, 0.15) is 121 Å². The van der Waals surface area contributed by atoms with Gasteiger partial charge in [0.1, 0.15) is 0 Å². The van der Waals surface area contributed by atoms with Crippen LogP contribution >= 0.6 is 0 Å². The number of aromatic nitrogens is 4. The monoisotopic (exact) mass is 710 g/mol. The van der Waals surface area contributed by atoms with Crippen molar-refractivity contribution in [2.75, 3.05) is 41.4 Å². The van der Waals surface area contributed by atoms with E-state index in [1.54, 1.807) is 4.90 Å². The average molecular weight is 711 g/mol. The summed E-state index contributed by atoms with van der Waals surface area (Å²) >= 11 is 0. The Hall–Kier alpha value is -4.77. The summed E-state index contributed by atoms with van der Waals surface area (Å²) < 4.78 is 10.4. The van der Waals surface area contributed by atoms with Gasteiger partial charge in [0, 0.05) is 66.2 Å². The number of methoxy groups -OCH3 is 2. The molecule has 0 aliphatic carbocycles. The zero-order valence-electron chi connectivity index (χ0n) is 32.4. The van der Waals surface area contributed by atoms with Gasteiger partial charge in [-0.15, -0.1) is 0 Å². The number of rotatable bonds is 12. The van der Waals surface area contributed by atoms with Gasteiger partial charge in [0.2, 0.25) is 5.91 Å². The van der Waals surface area contributed by atoms with E-state index in [0.717, 1.165) is 75.2 Å². The smallest absolute Gasteiger partial charge is 0.340 e. The molecule has 2 atom stereocenters. The Labute approximate surface area is 306 Å². The summed E-state index contributed by atoms with van der Waals surface area (Å²) in [6.07, 6.45) is 3.24. The van der Waals surface area contributed by atoms with E-state index in [9.17, 15) is 14.4 Å². The van der Waals surface area contributed by atoms with Crippen LogP contribution in [0.5, 0.6) is 0 Å². The summed E-state index contributed by atoms with van der Waals surface area (Å²) in [6.45, 7) is 13.7. The predicted octanol–water partition coefficient (Wildman–Crippen LogP) is 7.07. The Bertz CT molecular complexity index is 2070. The molecule has 11 heteroatoms. The maximum absolute atomic E-state index is 14.0. The Morgan fingerprint density at radius 1 is 0.923 bits per heavy atom. The third-order valence-corrected chi connectivity index (χ3v) is 10.8. The summed E-state index contributed by atoms with van der Waals surface area (Å²) in [5.41, 5.74) is 12.4. The lowest BCUT2D eigenvalue weighted by Crippen LogP contribution is -2.29. The predicted molar refractivity (Wildman–Crippen MR) is 206 cm³/mol. The van der Waals surface area contributed by atoms with Crippen molar-refractivity contribution >= 4 is 51.1 Å². The zero-order valence-corrected chi connectivity index (χ0v) is 32.4. The number of H-pyrrole nitrogens is 2. The maximum Gasteiger partial charge on any atom is 0.340 e. The molecule has 5 heterocycles. The Morgan fingerprint density at radius 2 is 1.65 bits per heavy atom. The van der Waals surface area contributed by atoms with Crippen LogP contribution in [-0.4, -0.2) is 84.1 Å². The number of esters is 2. The van der Waals surface area contributed by atoms with Gasteiger partial charge >= 0.3 is 11.9 Å². The van der Waals surface area contributed by atoms with Gasteiger partial charge in [-0.05, 0) is 93.1 Å². The first-order chi connectivity index (χ1) is 24.9. The number of carbonyl (C=O) groups is 3. The van der Waals surface area contributed by atoms with E-state index in [4.69, 9.17) is 19.4 Å². The number of carbonyl (C=O) groups excluding carboxylic acids is 3. The molecular formula is C41H54N6O5. The zero-order chi connectivity index (χ0) is 37.9. The Balaban J connectivity index is 1.99. The van der Waals surface area contributed by atoms with Gasteiger partial charge in [0.15, 0.2) is 0 Å². The number of nitrogens with zero attached hydrogens (tertiary/aromatic N) is 3. The second-order valence-electron chi connectivity index (χ2n) is 14.0. The highest BCUT2D eigenvalue weighted by atomic mass is 16.5. The van der Waals surface area contributed by atoms with E-state index in [-0.39, 0.29) is 36.6 Å². The van der Waals surface area contributed by atoms with Crippen LogP contribution in [0.25, 0.3) is 33.2 Å². The van der Waals surface area contributed by atoms with Gasteiger partial charge in [-0.25, -0.2) is 9.78 Å². The minimum absolute atomic E-state index is 0.00219. The third kappa shape index (κ3) is 7.42. The molecule has 278 valence electrons. The molecule has 2 aliphatic rings. The summed E-state index contributed by atoms with van der Waals surface area (Å²) in [6, 6.07) is 6.19. The molecule has 3 N–H and O–H groups in total. The van der Waals surface area contributed by atoms with Gasteiger partial charge in [0.25, 0.3) is 0 Å². The Kier molecular flexibility index (Phi) is 12.0. The summed E-state index contributed by atoms with van der Waals surface area (Å²) in [7, 11) is 6.50. The van der Waals surface area contributed by atoms with Crippen LogP contribution in [-0.2, 0) is 31.9 Å². The van der Waals surface area contributed by atoms with Gasteiger partial charge in [-0.1, -0.05) is 27.2 Å². The molecule has 5 rings (SSSR count). The van der Waals surface area contributed by atoms with E-state index in [2.05, 4.69) is 56.0 Å². The molecule has 52 heavy (non-hydrogen) atoms. The number of aryl methyl sites for hydroxylation is 3. The van der Waals surface area contributed by atoms with Crippen LogP contribution < -0.4 is 5.32 Å². The molecule has 0 saturated heterocycles. The minimum atomic E-state index is -0.507. The van der Waals surface area contributed by atoms with Crippen molar-refractivity contribution in [1.82, 2.24) is 30.2 Å². The lowest BCUT2D eigenvalue weighted by molar-refractivity contribution is -0.140. The van der Waals surface area contributed by atoms with Crippen LogP contribution in [0.2, 0.25) is 0 Å². The quantitative estimate of drug-likeness (QED) is 0.170. The highest BCUT2D eigenvalue weighted by Gasteiger charge is 2.34. The van der Waals surface area contributed by atoms with E-state index < -0.39 is 5.97 Å². The molecule has 0 saturated carbocycles. The van der Waals surface area contributed by atoms with E-state index >= 15 is 0 Å². The molecule has 0 aromatic carbocycles. The number of hydrogen-bond acceptors (Lipinski definition) is 8. The van der Waals surface area contributed by atoms with Gasteiger partial charge in [-0.3, -0.25) is 14.6 Å². The largest absolute Gasteiger partial charge is 0.469 e. The second-order valence-corrected chi connectivity index (χ2v) is 14.0. The van der Waals surface area contributed by atoms with Crippen LogP contribution in [0.15, 0.2) is 18.2 Å². The normalized spacial score (nSPS) is 15.6. The van der Waals surface area contributed by atoms with E-state index in [0.29, 0.717) is 47.4 Å². The summed E-state index contributed by atoms with van der Waals surface area (Å²) in [5.74, 6) is -1.29. The molecule has 11 nitrogen and oxygen atoms in total. The first-order valence-corrected chi connectivity index (χ1v) is 18.4. The first kappa shape index (κ1) is 38.5. The highest BCUT2D eigenvalue weighted by Crippen LogP contribution is 2.43. The number of ether oxygens (including phenoxy) is 2. The third-order valence-electron chi connectivity index (χ3n) is 10.8. The van der Waals surface area contributed by atoms with Crippen molar-refractivity contribution in [1.29, 1.82) is 0 Å². The van der Waals surface area contributed by atoms with Crippen LogP contribution in [0, 0.1) is 13.8 Å². The van der Waals surface area contributed by atoms with Gasteiger partial charge in [-0.2, -0.15) is 0 Å². The second kappa shape index (κ2) is 16.3. The van der Waals surface area contributed by atoms with Gasteiger partial charge in [0.05, 0.1) is 48.8 Å². The first-order valence-electron chi connectivity index (χ1n) is 18.4. The fourth-order valence-corrected chi connectivity index (χ4v) is 7.55. The number of allylic oxidation sites excluding steroid dienone is 1. The number of amides is 1. The fourth-order valence-electron chi connectivity index (χ4n) is 7.55. The Morgan fingerprint density at radius 3 is 2.31 bits per heavy atom. The average Bonchev–Trinajstić information content (AvgIpc) is 3.81. The SMILES string of the molecule is CCCCN(C)C(=O)Cc1c2nc(cc3nc(cc4[nH]c(cc5[nH]c1c(C(=O)OC)c5C)c(CC)c4C)C(CNC)=C3C)[C@@H](C)[C@@H]2CCC(=O)OC. The number of likely N-dealkylation sites (N-methyl/N-ethyl adjacent to an activating group) is 2. The van der Waals surface area contributed by atoms with Crippen molar-refractivity contribution in [3.8, 4) is 0 Å². The number of aromatic amines is 2. The molecule has 8 bridgehead atoms. The van der Waals surface area contributed by atoms with Crippen molar-refractivity contribution in [2.45, 2.75) is 91.9 Å². The fraction of sp³-hybridized carbons (Fsp3) is 0.488. The van der Waals surface area contributed by atoms with E-state index in [1.807, 2.05) is 33.2 Å². The number of unbranched alkanes of at least 4 members (excludes halogenated alkanes) is 1. The lowest BCUT2D eigenvalue weighted by Gasteiger charge is -2.20. The molecule has 0 radical (unpaired) electrons. The van der Waals surface area contributed by atoms with E-state index in [1.165, 1.54) is 14.2 Å². The number of fused-ring (bicyclic) bond motifs is 8. The van der Waals surface area contributed by atoms with Crippen molar-refractivity contribution in [3.63, 3.8) is 0 Å². The maximum atomic E-state index is 14.0. The molecular weight excluding hydrogens is 656 g/mol. The standard InChI is InChI=1S/C41H54N6O5/c1-11-13-16-47(8)36(48)17-28-39-27(14-15-37(49)51-9)23(4)32(45-39)18-30-24(5)29(21-42-7)35(44-30)19-31-22(3)26(12-2)34(43-31)20-33-25(6)38(40(28)46-33)41(50)52-10/h18-20,23,27,42-43,46H,11-17,21H2,1-10H3/t23-,27-/m0/s1.